The topological polar surface area (TPSA) is 87.0 Å². The molecule has 0 fully saturated rings. The SMILES string of the molecule is Cc1cc(C(=O)c2cncnc2Cl)nn1C(=O)OC(C)(C)C. The summed E-state index contributed by atoms with van der Waals surface area (Å²) in [4.78, 5) is 31.9. The molecule has 0 atom stereocenters. The second kappa shape index (κ2) is 5.84. The van der Waals surface area contributed by atoms with Gasteiger partial charge in [0.05, 0.1) is 5.56 Å². The molecule has 0 spiro atoms. The third kappa shape index (κ3) is 3.48. The lowest BCUT2D eigenvalue weighted by Gasteiger charge is -2.19. The van der Waals surface area contributed by atoms with E-state index in [9.17, 15) is 9.59 Å². The minimum atomic E-state index is -0.657. The highest BCUT2D eigenvalue weighted by atomic mass is 35.5. The predicted molar refractivity (Wildman–Crippen MR) is 79.1 cm³/mol. The molecule has 0 amide bonds. The van der Waals surface area contributed by atoms with Crippen molar-refractivity contribution in [2.45, 2.75) is 33.3 Å². The molecule has 116 valence electrons. The fourth-order valence-electron chi connectivity index (χ4n) is 1.68. The van der Waals surface area contributed by atoms with Gasteiger partial charge < -0.3 is 4.74 Å². The number of aryl methyl sites for hydroxylation is 1. The smallest absolute Gasteiger partial charge is 0.435 e. The van der Waals surface area contributed by atoms with Crippen LogP contribution in [0.2, 0.25) is 5.15 Å². The quantitative estimate of drug-likeness (QED) is 0.624. The van der Waals surface area contributed by atoms with Gasteiger partial charge in [0.2, 0.25) is 5.78 Å². The molecule has 0 aliphatic heterocycles. The van der Waals surface area contributed by atoms with Crippen LogP contribution in [0.4, 0.5) is 4.79 Å². The van der Waals surface area contributed by atoms with Crippen LogP contribution in [0.3, 0.4) is 0 Å². The van der Waals surface area contributed by atoms with E-state index in [1.807, 2.05) is 0 Å². The van der Waals surface area contributed by atoms with Crippen LogP contribution in [0.25, 0.3) is 0 Å². The third-order valence-electron chi connectivity index (χ3n) is 2.59. The van der Waals surface area contributed by atoms with Crippen molar-refractivity contribution in [3.8, 4) is 0 Å². The summed E-state index contributed by atoms with van der Waals surface area (Å²) in [5.41, 5.74) is 0.0135. The Morgan fingerprint density at radius 3 is 2.59 bits per heavy atom. The first kappa shape index (κ1) is 16.1. The summed E-state index contributed by atoms with van der Waals surface area (Å²) in [5, 5.41) is 4.02. The summed E-state index contributed by atoms with van der Waals surface area (Å²) in [6.45, 7) is 6.89. The Kier molecular flexibility index (Phi) is 4.27. The molecule has 0 N–H and O–H groups in total. The molecule has 7 nitrogen and oxygen atoms in total. The summed E-state index contributed by atoms with van der Waals surface area (Å²) < 4.78 is 6.26. The van der Waals surface area contributed by atoms with Crippen molar-refractivity contribution in [3.05, 3.63) is 40.7 Å². The largest absolute Gasteiger partial charge is 0.442 e. The van der Waals surface area contributed by atoms with Crippen molar-refractivity contribution in [3.63, 3.8) is 0 Å². The predicted octanol–water partition coefficient (Wildman–Crippen LogP) is 2.65. The van der Waals surface area contributed by atoms with Gasteiger partial charge in [-0.05, 0) is 33.8 Å². The zero-order valence-corrected chi connectivity index (χ0v) is 13.4. The van der Waals surface area contributed by atoms with E-state index in [4.69, 9.17) is 16.3 Å². The Morgan fingerprint density at radius 1 is 1.32 bits per heavy atom. The van der Waals surface area contributed by atoms with Crippen molar-refractivity contribution >= 4 is 23.5 Å². The molecule has 22 heavy (non-hydrogen) atoms. The number of halogens is 1. The van der Waals surface area contributed by atoms with E-state index in [-0.39, 0.29) is 16.4 Å². The molecule has 0 bridgehead atoms. The summed E-state index contributed by atoms with van der Waals surface area (Å²) in [5.74, 6) is -0.462. The number of aromatic nitrogens is 4. The first-order valence-electron chi connectivity index (χ1n) is 6.49. The number of nitrogens with zero attached hydrogens (tertiary/aromatic N) is 4. The Morgan fingerprint density at radius 2 is 2.00 bits per heavy atom. The fourth-order valence-corrected chi connectivity index (χ4v) is 1.86. The lowest BCUT2D eigenvalue weighted by atomic mass is 10.1. The van der Waals surface area contributed by atoms with Crippen LogP contribution >= 0.6 is 11.6 Å². The van der Waals surface area contributed by atoms with E-state index in [2.05, 4.69) is 15.1 Å². The van der Waals surface area contributed by atoms with Gasteiger partial charge in [-0.25, -0.2) is 14.8 Å². The summed E-state index contributed by atoms with van der Waals surface area (Å²) in [6.07, 6.45) is 1.89. The molecule has 2 aromatic heterocycles. The molecule has 8 heteroatoms. The van der Waals surface area contributed by atoms with Crippen molar-refractivity contribution in [2.75, 3.05) is 0 Å². The maximum Gasteiger partial charge on any atom is 0.435 e. The minimum Gasteiger partial charge on any atom is -0.442 e. The van der Waals surface area contributed by atoms with Gasteiger partial charge >= 0.3 is 6.09 Å². The summed E-state index contributed by atoms with van der Waals surface area (Å²) >= 11 is 5.87. The lowest BCUT2D eigenvalue weighted by Crippen LogP contribution is -2.28. The minimum absolute atomic E-state index is 0.0319. The third-order valence-corrected chi connectivity index (χ3v) is 2.90. The maximum absolute atomic E-state index is 12.3. The number of carbonyl (C=O) groups is 2. The maximum atomic E-state index is 12.3. The molecule has 0 saturated heterocycles. The molecule has 0 saturated carbocycles. The Labute approximate surface area is 132 Å². The molecule has 0 aromatic carbocycles. The molecule has 0 aliphatic carbocycles. The van der Waals surface area contributed by atoms with Gasteiger partial charge in [0.1, 0.15) is 22.8 Å². The van der Waals surface area contributed by atoms with Crippen molar-refractivity contribution in [1.82, 2.24) is 19.7 Å². The Hall–Kier alpha value is -2.28. The van der Waals surface area contributed by atoms with E-state index < -0.39 is 17.5 Å². The average molecular weight is 323 g/mol. The van der Waals surface area contributed by atoms with E-state index >= 15 is 0 Å². The zero-order chi connectivity index (χ0) is 16.5. The Balaban J connectivity index is 2.32. The zero-order valence-electron chi connectivity index (χ0n) is 12.6. The van der Waals surface area contributed by atoms with Crippen LogP contribution in [0.15, 0.2) is 18.6 Å². The first-order valence-corrected chi connectivity index (χ1v) is 6.87. The fraction of sp³-hybridized carbons (Fsp3) is 0.357. The average Bonchev–Trinajstić information content (AvgIpc) is 2.79. The van der Waals surface area contributed by atoms with Crippen molar-refractivity contribution in [1.29, 1.82) is 0 Å². The highest BCUT2D eigenvalue weighted by Gasteiger charge is 2.23. The van der Waals surface area contributed by atoms with E-state index in [0.29, 0.717) is 5.69 Å². The molecule has 0 aliphatic rings. The number of ether oxygens (including phenoxy) is 1. The van der Waals surface area contributed by atoms with Gasteiger partial charge in [-0.15, -0.1) is 0 Å². The van der Waals surface area contributed by atoms with Gasteiger partial charge in [-0.3, -0.25) is 4.79 Å². The van der Waals surface area contributed by atoms with Crippen LogP contribution in [0, 0.1) is 6.92 Å². The van der Waals surface area contributed by atoms with Gasteiger partial charge in [-0.1, -0.05) is 11.6 Å². The highest BCUT2D eigenvalue weighted by molar-refractivity contribution is 6.33. The number of rotatable bonds is 2. The van der Waals surface area contributed by atoms with Gasteiger partial charge in [0, 0.05) is 11.9 Å². The monoisotopic (exact) mass is 322 g/mol. The standard InChI is InChI=1S/C14H15ClN4O3/c1-8-5-10(11(20)9-6-16-7-17-12(9)15)18-19(8)13(21)22-14(2,3)4/h5-7H,1-4H3. The Bertz CT molecular complexity index is 734. The molecule has 2 heterocycles. The van der Waals surface area contributed by atoms with Crippen LogP contribution in [0.1, 0.15) is 42.5 Å². The molecular weight excluding hydrogens is 308 g/mol. The second-order valence-corrected chi connectivity index (χ2v) is 5.98. The van der Waals surface area contributed by atoms with E-state index in [1.165, 1.54) is 18.6 Å². The molecule has 0 unspecified atom stereocenters. The first-order chi connectivity index (χ1) is 10.2. The second-order valence-electron chi connectivity index (χ2n) is 5.62. The van der Waals surface area contributed by atoms with Crippen LogP contribution in [-0.2, 0) is 4.74 Å². The summed E-state index contributed by atoms with van der Waals surface area (Å²) in [6, 6.07) is 1.48. The molecule has 2 aromatic rings. The molecular formula is C14H15ClN4O3. The highest BCUT2D eigenvalue weighted by Crippen LogP contribution is 2.17. The number of hydrogen-bond donors (Lipinski definition) is 0. The van der Waals surface area contributed by atoms with E-state index in [0.717, 1.165) is 4.68 Å². The summed E-state index contributed by atoms with van der Waals surface area (Å²) in [7, 11) is 0. The normalized spacial score (nSPS) is 11.3. The molecule has 0 radical (unpaired) electrons. The van der Waals surface area contributed by atoms with Crippen LogP contribution in [0.5, 0.6) is 0 Å². The number of carbonyl (C=O) groups excluding carboxylic acids is 2. The van der Waals surface area contributed by atoms with Crippen LogP contribution in [-0.4, -0.2) is 37.2 Å². The lowest BCUT2D eigenvalue weighted by molar-refractivity contribution is 0.0511. The van der Waals surface area contributed by atoms with Gasteiger partial charge in [0.25, 0.3) is 0 Å². The number of hydrogen-bond acceptors (Lipinski definition) is 6. The van der Waals surface area contributed by atoms with Gasteiger partial charge in [0.15, 0.2) is 0 Å². The van der Waals surface area contributed by atoms with Crippen LogP contribution < -0.4 is 0 Å². The van der Waals surface area contributed by atoms with Gasteiger partial charge in [-0.2, -0.15) is 9.78 Å². The molecule has 2 rings (SSSR count). The van der Waals surface area contributed by atoms with Crippen molar-refractivity contribution < 1.29 is 14.3 Å². The van der Waals surface area contributed by atoms with E-state index in [1.54, 1.807) is 27.7 Å². The van der Waals surface area contributed by atoms with Crippen molar-refractivity contribution in [2.24, 2.45) is 0 Å². The number of ketones is 1.